The number of hydrogen-bond donors (Lipinski definition) is 0. The first-order valence-electron chi connectivity index (χ1n) is 31.1. The summed E-state index contributed by atoms with van der Waals surface area (Å²) in [4.78, 5) is 14.8. The summed E-state index contributed by atoms with van der Waals surface area (Å²) in [6, 6.07) is 118. The molecule has 0 saturated carbocycles. The van der Waals surface area contributed by atoms with Crippen molar-refractivity contribution in [2.75, 3.05) is 0 Å². The first-order valence-corrected chi connectivity index (χ1v) is 31.1. The zero-order valence-corrected chi connectivity index (χ0v) is 49.6. The van der Waals surface area contributed by atoms with Crippen LogP contribution in [0.25, 0.3) is 170 Å². The van der Waals surface area contributed by atoms with E-state index >= 15 is 0 Å². The summed E-state index contributed by atoms with van der Waals surface area (Å²) in [5.74, 6) is 0.927. The maximum absolute atomic E-state index is 5.58. The zero-order valence-electron chi connectivity index (χ0n) is 49.6. The summed E-state index contributed by atoms with van der Waals surface area (Å²) in [6.45, 7) is 0. The highest BCUT2D eigenvalue weighted by Gasteiger charge is 2.26. The molecule has 0 aliphatic heterocycles. The van der Waals surface area contributed by atoms with Gasteiger partial charge in [-0.15, -0.1) is 0 Å². The van der Waals surface area contributed by atoms with E-state index in [-0.39, 0.29) is 0 Å². The van der Waals surface area contributed by atoms with E-state index in [1.54, 1.807) is 6.33 Å². The van der Waals surface area contributed by atoms with Crippen molar-refractivity contribution in [2.24, 2.45) is 0 Å². The van der Waals surface area contributed by atoms with Gasteiger partial charge in [0.25, 0.3) is 0 Å². The van der Waals surface area contributed by atoms with Gasteiger partial charge in [0.15, 0.2) is 0 Å². The van der Waals surface area contributed by atoms with E-state index < -0.39 is 0 Å². The molecule has 4 nitrogen and oxygen atoms in total. The molecule has 0 spiro atoms. The number of rotatable bonds is 8. The second kappa shape index (κ2) is 22.6. The number of aromatic nitrogens is 4. The molecule has 2 heterocycles. The van der Waals surface area contributed by atoms with Gasteiger partial charge < -0.3 is 0 Å². The predicted molar refractivity (Wildman–Crippen MR) is 384 cm³/mol. The van der Waals surface area contributed by atoms with Crippen molar-refractivity contribution < 1.29 is 0 Å². The van der Waals surface area contributed by atoms with Gasteiger partial charge in [-0.25, -0.2) is 15.0 Å². The summed E-state index contributed by atoms with van der Waals surface area (Å²) in [6.07, 6.45) is 3.60. The molecule has 0 aliphatic rings. The van der Waals surface area contributed by atoms with Gasteiger partial charge >= 0.3 is 0 Å². The van der Waals surface area contributed by atoms with E-state index in [9.17, 15) is 0 Å². The largest absolute Gasteiger partial charge is 0.292 e. The lowest BCUT2D eigenvalue weighted by atomic mass is 9.84. The highest BCUT2D eigenvalue weighted by atomic mass is 15.1. The first kappa shape index (κ1) is 53.2. The second-order valence-corrected chi connectivity index (χ2v) is 23.3. The zero-order chi connectivity index (χ0) is 60.2. The van der Waals surface area contributed by atoms with Gasteiger partial charge in [-0.1, -0.05) is 303 Å². The van der Waals surface area contributed by atoms with Crippen LogP contribution < -0.4 is 0 Å². The molecule has 0 atom stereocenters. The highest BCUT2D eigenvalue weighted by molar-refractivity contribution is 6.24. The maximum atomic E-state index is 5.58. The Hall–Kier alpha value is -12.1. The fourth-order valence-corrected chi connectivity index (χ4v) is 14.1. The molecule has 16 aromatic carbocycles. The van der Waals surface area contributed by atoms with E-state index in [1.807, 2.05) is 6.20 Å². The Morgan fingerprint density at radius 3 is 1.11 bits per heavy atom. The molecular formula is C87H56N4. The first-order chi connectivity index (χ1) is 45.2. The quantitative estimate of drug-likeness (QED) is 0.112. The van der Waals surface area contributed by atoms with Crippen LogP contribution >= 0.6 is 0 Å². The number of hydrogen-bond acceptors (Lipinski definition) is 3. The van der Waals surface area contributed by atoms with Crippen LogP contribution in [-0.2, 0) is 0 Å². The molecule has 424 valence electrons. The topological polar surface area (TPSA) is 43.6 Å². The molecule has 18 aromatic rings. The molecule has 0 bridgehead atoms. The predicted octanol–water partition coefficient (Wildman–Crippen LogP) is 23.2. The lowest BCUT2D eigenvalue weighted by molar-refractivity contribution is 1.10. The second-order valence-electron chi connectivity index (χ2n) is 23.3. The van der Waals surface area contributed by atoms with E-state index in [0.29, 0.717) is 0 Å². The van der Waals surface area contributed by atoms with E-state index in [4.69, 9.17) is 9.97 Å². The number of para-hydroxylation sites is 1. The Bertz CT molecular complexity index is 5740. The van der Waals surface area contributed by atoms with E-state index in [0.717, 1.165) is 72.2 Å². The highest BCUT2D eigenvalue weighted by Crippen LogP contribution is 2.49. The molecular weight excluding hydrogens is 1100 g/mol. The summed E-state index contributed by atoms with van der Waals surface area (Å²) in [5.41, 5.74) is 19.5. The SMILES string of the molecule is c1ccc(-c2c3ccccc3c(-c3ccc(-c4c(-c5ccccc5)c5ncncc5c5ccccc45)cc3)c3ccccc23)cc1.c1ccc(-c2nc3c(-c4ccc5ccccc5c4)c4ccccc4c(-c4ccc5ccccc5c4)c3n2-c2ccccc2)cc1. The average Bonchev–Trinajstić information content (AvgIpc) is 1.67. The Balaban J connectivity index is 0.000000140. The normalized spacial score (nSPS) is 11.5. The molecule has 4 heteroatoms. The van der Waals surface area contributed by atoms with Crippen LogP contribution in [0.3, 0.4) is 0 Å². The Morgan fingerprint density at radius 2 is 0.593 bits per heavy atom. The monoisotopic (exact) mass is 1160 g/mol. The lowest BCUT2D eigenvalue weighted by Crippen LogP contribution is -1.99. The van der Waals surface area contributed by atoms with Crippen molar-refractivity contribution in [1.82, 2.24) is 19.5 Å². The molecule has 2 aromatic heterocycles. The minimum atomic E-state index is 0.927. The molecule has 0 radical (unpaired) electrons. The number of fused-ring (bicyclic) bond motifs is 9. The van der Waals surface area contributed by atoms with Crippen LogP contribution in [-0.4, -0.2) is 19.5 Å². The third-order valence-electron chi connectivity index (χ3n) is 18.1. The minimum absolute atomic E-state index is 0.927. The smallest absolute Gasteiger partial charge is 0.145 e. The van der Waals surface area contributed by atoms with Gasteiger partial charge in [0, 0.05) is 39.5 Å². The molecule has 18 rings (SSSR count). The Labute approximate surface area is 526 Å². The van der Waals surface area contributed by atoms with Gasteiger partial charge in [-0.3, -0.25) is 4.57 Å². The van der Waals surface area contributed by atoms with Crippen molar-refractivity contribution >= 4 is 86.6 Å². The fraction of sp³-hybridized carbons (Fsp3) is 0. The third kappa shape index (κ3) is 9.19. The van der Waals surface area contributed by atoms with Crippen LogP contribution in [0, 0.1) is 0 Å². The van der Waals surface area contributed by atoms with Crippen molar-refractivity contribution in [3.8, 4) is 83.8 Å². The van der Waals surface area contributed by atoms with Crippen LogP contribution in [0.5, 0.6) is 0 Å². The number of benzene rings is 16. The van der Waals surface area contributed by atoms with Gasteiger partial charge in [-0.05, 0) is 139 Å². The number of imidazole rings is 1. The average molecular weight is 1160 g/mol. The van der Waals surface area contributed by atoms with Crippen LogP contribution in [0.15, 0.2) is 340 Å². The van der Waals surface area contributed by atoms with Gasteiger partial charge in [0.2, 0.25) is 0 Å². The van der Waals surface area contributed by atoms with Crippen LogP contribution in [0.4, 0.5) is 0 Å². The van der Waals surface area contributed by atoms with Crippen molar-refractivity contribution in [3.63, 3.8) is 0 Å². The maximum Gasteiger partial charge on any atom is 0.145 e. The summed E-state index contributed by atoms with van der Waals surface area (Å²) in [7, 11) is 0. The summed E-state index contributed by atoms with van der Waals surface area (Å²) >= 11 is 0. The van der Waals surface area contributed by atoms with Crippen LogP contribution in [0.1, 0.15) is 0 Å². The number of nitrogens with zero attached hydrogens (tertiary/aromatic N) is 4. The summed E-state index contributed by atoms with van der Waals surface area (Å²) < 4.78 is 2.37. The van der Waals surface area contributed by atoms with E-state index in [1.165, 1.54) is 98.2 Å². The Morgan fingerprint density at radius 1 is 0.231 bits per heavy atom. The Kier molecular flexibility index (Phi) is 13.2. The molecule has 0 aliphatic carbocycles. The fourth-order valence-electron chi connectivity index (χ4n) is 14.1. The molecule has 0 amide bonds. The van der Waals surface area contributed by atoms with Gasteiger partial charge in [0.1, 0.15) is 12.2 Å². The van der Waals surface area contributed by atoms with Crippen molar-refractivity contribution in [2.45, 2.75) is 0 Å². The molecule has 91 heavy (non-hydrogen) atoms. The molecule has 0 N–H and O–H groups in total. The van der Waals surface area contributed by atoms with Gasteiger partial charge in [0.05, 0.1) is 16.6 Å². The minimum Gasteiger partial charge on any atom is -0.292 e. The van der Waals surface area contributed by atoms with E-state index in [2.05, 4.69) is 337 Å². The van der Waals surface area contributed by atoms with Crippen molar-refractivity contribution in [3.05, 3.63) is 340 Å². The molecule has 0 fully saturated rings. The molecule has 0 saturated heterocycles. The van der Waals surface area contributed by atoms with Crippen molar-refractivity contribution in [1.29, 1.82) is 0 Å². The molecule has 0 unspecified atom stereocenters. The lowest BCUT2D eigenvalue weighted by Gasteiger charge is -2.19. The summed E-state index contributed by atoms with van der Waals surface area (Å²) in [5, 5.41) is 15.8. The van der Waals surface area contributed by atoms with Gasteiger partial charge in [-0.2, -0.15) is 0 Å². The standard InChI is InChI=1S/C44H28N2.C43H28N2/c1-3-13-29(14-4-1)40-35-19-9-11-21-37(35)41(38-22-12-10-20-36(38)40)31-23-25-32(26-24-31)42-34-18-8-7-17-33(34)39-27-45-28-46-44(39)43(42)30-15-5-2-6-16-30;1-3-15-31(16-4-1)43-44-41-39(34-25-23-29-13-7-9-17-32(29)27-34)37-21-11-12-22-38(37)40(42(41)45(43)36-19-5-2-6-20-36)35-26-24-30-14-8-10-18-33(30)28-35/h1-28H;1-28H. The van der Waals surface area contributed by atoms with Crippen LogP contribution in [0.2, 0.25) is 0 Å². The third-order valence-corrected chi connectivity index (χ3v) is 18.1.